The maximum Gasteiger partial charge on any atom is 0.211 e. The fourth-order valence-electron chi connectivity index (χ4n) is 5.61. The van der Waals surface area contributed by atoms with Gasteiger partial charge in [-0.25, -0.2) is 9.97 Å². The molecule has 0 amide bonds. The first kappa shape index (κ1) is 20.5. The average molecular weight is 479 g/mol. The molecule has 0 radical (unpaired) electrons. The van der Waals surface area contributed by atoms with E-state index in [4.69, 9.17) is 10.2 Å². The Hall–Kier alpha value is -2.43. The van der Waals surface area contributed by atoms with Crippen LogP contribution in [0.25, 0.3) is 16.9 Å². The predicted octanol–water partition coefficient (Wildman–Crippen LogP) is 4.63. The van der Waals surface area contributed by atoms with Gasteiger partial charge in [-0.3, -0.25) is 4.40 Å². The van der Waals surface area contributed by atoms with Crippen LogP contribution < -0.4 is 10.2 Å². The summed E-state index contributed by atoms with van der Waals surface area (Å²) in [6.45, 7) is 10.1. The zero-order valence-electron chi connectivity index (χ0n) is 18.2. The Morgan fingerprint density at radius 2 is 2.00 bits per heavy atom. The van der Waals surface area contributed by atoms with Crippen molar-refractivity contribution in [2.24, 2.45) is 10.8 Å². The number of fused-ring (bicyclic) bond motifs is 1. The Morgan fingerprint density at radius 3 is 2.71 bits per heavy atom. The van der Waals surface area contributed by atoms with Crippen molar-refractivity contribution < 1.29 is 0 Å². The van der Waals surface area contributed by atoms with Crippen molar-refractivity contribution in [3.05, 3.63) is 46.7 Å². The zero-order valence-corrected chi connectivity index (χ0v) is 19.8. The lowest BCUT2D eigenvalue weighted by Crippen LogP contribution is -2.47. The van der Waals surface area contributed by atoms with Crippen molar-refractivity contribution in [3.8, 4) is 17.3 Å². The number of anilines is 1. The van der Waals surface area contributed by atoms with Crippen molar-refractivity contribution in [2.75, 3.05) is 24.5 Å². The Kier molecular flexibility index (Phi) is 4.83. The Balaban J connectivity index is 1.57. The molecule has 4 heterocycles. The summed E-state index contributed by atoms with van der Waals surface area (Å²) in [5.74, 6) is 0.937. The van der Waals surface area contributed by atoms with Crippen LogP contribution in [-0.4, -0.2) is 40.0 Å². The van der Waals surface area contributed by atoms with Crippen LogP contribution >= 0.6 is 15.9 Å². The average Bonchev–Trinajstić information content (AvgIpc) is 3.49. The molecule has 0 saturated carbocycles. The lowest BCUT2D eigenvalue weighted by atomic mass is 9.69. The van der Waals surface area contributed by atoms with E-state index in [-0.39, 0.29) is 10.8 Å². The number of hydrogen-bond donors (Lipinski definition) is 1. The predicted molar refractivity (Wildman–Crippen MR) is 126 cm³/mol. The van der Waals surface area contributed by atoms with Gasteiger partial charge in [-0.05, 0) is 52.9 Å². The second-order valence-electron chi connectivity index (χ2n) is 9.92. The molecule has 5 rings (SSSR count). The van der Waals surface area contributed by atoms with E-state index in [1.807, 2.05) is 36.7 Å². The van der Waals surface area contributed by atoms with E-state index in [2.05, 4.69) is 62.4 Å². The minimum atomic E-state index is 0.220. The fraction of sp³-hybridized carbons (Fsp3) is 0.458. The van der Waals surface area contributed by atoms with E-state index in [1.54, 1.807) is 0 Å². The summed E-state index contributed by atoms with van der Waals surface area (Å²) in [6.07, 6.45) is 6.19. The van der Waals surface area contributed by atoms with Crippen LogP contribution in [0.4, 0.5) is 5.95 Å². The molecule has 3 aromatic rings. The van der Waals surface area contributed by atoms with Gasteiger partial charge < -0.3 is 10.2 Å². The molecule has 2 atom stereocenters. The topological polar surface area (TPSA) is 69.2 Å². The van der Waals surface area contributed by atoms with Crippen molar-refractivity contribution in [1.82, 2.24) is 19.7 Å². The molecule has 7 heteroatoms. The molecule has 6 nitrogen and oxygen atoms in total. The highest BCUT2D eigenvalue weighted by molar-refractivity contribution is 9.10. The first-order valence-electron chi connectivity index (χ1n) is 10.8. The summed E-state index contributed by atoms with van der Waals surface area (Å²) < 4.78 is 2.96. The molecule has 1 spiro atoms. The number of aromatic nitrogens is 3. The summed E-state index contributed by atoms with van der Waals surface area (Å²) in [6, 6.07) is 10.3. The SMILES string of the molecule is CC(C)(C)C1NCCC12CCN(c1nc(-c3ccc(C#N)cc3)c(Br)c3nccn13)C2. The largest absolute Gasteiger partial charge is 0.341 e. The molecule has 31 heavy (non-hydrogen) atoms. The Bertz CT molecular complexity index is 1170. The molecular weight excluding hydrogens is 452 g/mol. The molecule has 2 aromatic heterocycles. The maximum absolute atomic E-state index is 9.13. The number of nitrogens with one attached hydrogen (secondary N) is 1. The standard InChI is InChI=1S/C24H27BrN6/c1-23(2,3)21-24(8-10-28-21)9-12-30(15-24)22-29-19(17-6-4-16(14-26)5-7-17)18(25)20-27-11-13-31(20)22/h4-7,11,13,21,28H,8-10,12,15H2,1-3H3. The van der Waals surface area contributed by atoms with E-state index in [1.165, 1.54) is 12.8 Å². The maximum atomic E-state index is 9.13. The second-order valence-corrected chi connectivity index (χ2v) is 10.7. The molecule has 1 aromatic carbocycles. The Morgan fingerprint density at radius 1 is 1.23 bits per heavy atom. The number of hydrogen-bond acceptors (Lipinski definition) is 5. The third-order valence-corrected chi connectivity index (χ3v) is 7.61. The van der Waals surface area contributed by atoms with E-state index < -0.39 is 0 Å². The third-order valence-electron chi connectivity index (χ3n) is 6.88. The lowest BCUT2D eigenvalue weighted by molar-refractivity contribution is 0.158. The van der Waals surface area contributed by atoms with Crippen LogP contribution in [0.15, 0.2) is 41.1 Å². The van der Waals surface area contributed by atoms with Crippen molar-refractivity contribution in [1.29, 1.82) is 5.26 Å². The van der Waals surface area contributed by atoms with Gasteiger partial charge in [-0.15, -0.1) is 0 Å². The van der Waals surface area contributed by atoms with Crippen LogP contribution in [-0.2, 0) is 0 Å². The van der Waals surface area contributed by atoms with Crippen LogP contribution in [0.3, 0.4) is 0 Å². The first-order chi connectivity index (χ1) is 14.8. The molecule has 2 unspecified atom stereocenters. The minimum absolute atomic E-state index is 0.220. The number of nitrogens with zero attached hydrogens (tertiary/aromatic N) is 5. The molecule has 1 N–H and O–H groups in total. The summed E-state index contributed by atoms with van der Waals surface area (Å²) >= 11 is 3.73. The summed E-state index contributed by atoms with van der Waals surface area (Å²) in [5, 5.41) is 12.9. The molecule has 0 aliphatic carbocycles. The highest BCUT2D eigenvalue weighted by Gasteiger charge is 2.51. The van der Waals surface area contributed by atoms with Crippen LogP contribution in [0.5, 0.6) is 0 Å². The van der Waals surface area contributed by atoms with Crippen molar-refractivity contribution in [2.45, 2.75) is 39.7 Å². The van der Waals surface area contributed by atoms with Crippen LogP contribution in [0.1, 0.15) is 39.2 Å². The normalized spacial score (nSPS) is 23.7. The number of nitriles is 1. The van der Waals surface area contributed by atoms with Gasteiger partial charge in [-0.1, -0.05) is 32.9 Å². The summed E-state index contributed by atoms with van der Waals surface area (Å²) in [4.78, 5) is 12.1. The highest BCUT2D eigenvalue weighted by Crippen LogP contribution is 2.48. The van der Waals surface area contributed by atoms with Gasteiger partial charge in [0.1, 0.15) is 0 Å². The molecule has 2 aliphatic rings. The number of imidazole rings is 1. The van der Waals surface area contributed by atoms with Crippen molar-refractivity contribution >= 4 is 27.5 Å². The smallest absolute Gasteiger partial charge is 0.211 e. The van der Waals surface area contributed by atoms with Crippen LogP contribution in [0.2, 0.25) is 0 Å². The van der Waals surface area contributed by atoms with Gasteiger partial charge in [0.25, 0.3) is 0 Å². The van der Waals surface area contributed by atoms with E-state index in [9.17, 15) is 0 Å². The minimum Gasteiger partial charge on any atom is -0.341 e. The molecular formula is C24H27BrN6. The first-order valence-corrected chi connectivity index (χ1v) is 11.6. The number of halogens is 1. The van der Waals surface area contributed by atoms with Crippen molar-refractivity contribution in [3.63, 3.8) is 0 Å². The molecule has 2 fully saturated rings. The van der Waals surface area contributed by atoms with E-state index in [0.717, 1.165) is 47.0 Å². The quantitative estimate of drug-likeness (QED) is 0.580. The van der Waals surface area contributed by atoms with Gasteiger partial charge >= 0.3 is 0 Å². The zero-order chi connectivity index (χ0) is 21.8. The van der Waals surface area contributed by atoms with Gasteiger partial charge in [0.05, 0.1) is 21.8 Å². The fourth-order valence-corrected chi connectivity index (χ4v) is 6.22. The lowest BCUT2D eigenvalue weighted by Gasteiger charge is -2.39. The second kappa shape index (κ2) is 7.32. The highest BCUT2D eigenvalue weighted by atomic mass is 79.9. The monoisotopic (exact) mass is 478 g/mol. The summed E-state index contributed by atoms with van der Waals surface area (Å²) in [5.41, 5.74) is 3.83. The van der Waals surface area contributed by atoms with Gasteiger partial charge in [0.15, 0.2) is 5.65 Å². The molecule has 2 aliphatic heterocycles. The summed E-state index contributed by atoms with van der Waals surface area (Å²) in [7, 11) is 0. The Labute approximate surface area is 191 Å². The van der Waals surface area contributed by atoms with Gasteiger partial charge in [-0.2, -0.15) is 5.26 Å². The number of rotatable bonds is 2. The van der Waals surface area contributed by atoms with Gasteiger partial charge in [0, 0.05) is 42.5 Å². The number of benzene rings is 1. The molecule has 2 saturated heterocycles. The van der Waals surface area contributed by atoms with Crippen LogP contribution in [0, 0.1) is 22.2 Å². The van der Waals surface area contributed by atoms with E-state index in [0.29, 0.717) is 11.6 Å². The van der Waals surface area contributed by atoms with Gasteiger partial charge in [0.2, 0.25) is 5.95 Å². The van der Waals surface area contributed by atoms with E-state index >= 15 is 0 Å². The molecule has 160 valence electrons. The molecule has 0 bridgehead atoms. The third kappa shape index (κ3) is 3.33.